The van der Waals surface area contributed by atoms with Crippen molar-refractivity contribution in [2.24, 2.45) is 0 Å². The Morgan fingerprint density at radius 3 is 3.15 bits per heavy atom. The number of morpholine rings is 1. The number of fused-ring (bicyclic) bond motifs is 1. The van der Waals surface area contributed by atoms with Crippen LogP contribution in [0.4, 0.5) is 5.13 Å². The number of aryl methyl sites for hydroxylation is 1. The number of aliphatic hydroxyl groups excluding tert-OH is 1. The van der Waals surface area contributed by atoms with E-state index in [1.165, 1.54) is 0 Å². The van der Waals surface area contributed by atoms with Gasteiger partial charge in [0.25, 0.3) is 0 Å². The lowest BCUT2D eigenvalue weighted by atomic mass is 9.91. The van der Waals surface area contributed by atoms with Crippen molar-refractivity contribution >= 4 is 22.4 Å². The highest BCUT2D eigenvalue weighted by Crippen LogP contribution is 2.38. The number of rotatable bonds is 3. The van der Waals surface area contributed by atoms with E-state index in [1.54, 1.807) is 11.3 Å². The Labute approximate surface area is 121 Å². The molecular formula is C13H18N2O4S. The number of hydrogen-bond donors (Lipinski definition) is 2. The standard InChI is InChI=1S/C13H18N2O4S/c16-7-8-6-15(4-5-19-8)13-14-11-9(12(17)18)2-1-3-10(11)20-13/h8-9,16H,1-7H2,(H,17,18). The summed E-state index contributed by atoms with van der Waals surface area (Å²) in [4.78, 5) is 19.1. The molecule has 1 aliphatic carbocycles. The van der Waals surface area contributed by atoms with Gasteiger partial charge in [0.2, 0.25) is 0 Å². The fourth-order valence-corrected chi connectivity index (χ4v) is 3.98. The molecular weight excluding hydrogens is 280 g/mol. The van der Waals surface area contributed by atoms with Gasteiger partial charge < -0.3 is 19.8 Å². The number of carbonyl (C=O) groups is 1. The third-order valence-corrected chi connectivity index (χ3v) is 5.05. The molecule has 2 unspecified atom stereocenters. The number of ether oxygens (including phenoxy) is 1. The molecule has 1 aromatic heterocycles. The Kier molecular flexibility index (Phi) is 3.91. The van der Waals surface area contributed by atoms with Crippen molar-refractivity contribution in [3.05, 3.63) is 10.6 Å². The minimum Gasteiger partial charge on any atom is -0.481 e. The Morgan fingerprint density at radius 1 is 1.55 bits per heavy atom. The van der Waals surface area contributed by atoms with Crippen LogP contribution in [0.15, 0.2) is 0 Å². The number of hydrogen-bond acceptors (Lipinski definition) is 6. The van der Waals surface area contributed by atoms with Crippen LogP contribution in [0.5, 0.6) is 0 Å². The number of aliphatic carboxylic acids is 1. The largest absolute Gasteiger partial charge is 0.481 e. The highest BCUT2D eigenvalue weighted by Gasteiger charge is 2.32. The third kappa shape index (κ3) is 2.53. The number of carboxylic acid groups (broad SMARTS) is 1. The summed E-state index contributed by atoms with van der Waals surface area (Å²) in [6.07, 6.45) is 2.33. The van der Waals surface area contributed by atoms with E-state index in [1.807, 2.05) is 0 Å². The summed E-state index contributed by atoms with van der Waals surface area (Å²) in [6, 6.07) is 0. The molecule has 1 aromatic rings. The van der Waals surface area contributed by atoms with Crippen molar-refractivity contribution in [2.75, 3.05) is 31.2 Å². The van der Waals surface area contributed by atoms with Crippen LogP contribution >= 0.6 is 11.3 Å². The van der Waals surface area contributed by atoms with Gasteiger partial charge in [0.15, 0.2) is 5.13 Å². The maximum Gasteiger partial charge on any atom is 0.312 e. The van der Waals surface area contributed by atoms with Crippen molar-refractivity contribution in [3.63, 3.8) is 0 Å². The van der Waals surface area contributed by atoms with E-state index in [2.05, 4.69) is 9.88 Å². The first kappa shape index (κ1) is 13.8. The molecule has 6 nitrogen and oxygen atoms in total. The highest BCUT2D eigenvalue weighted by atomic mass is 32.1. The molecule has 0 spiro atoms. The van der Waals surface area contributed by atoms with E-state index >= 15 is 0 Å². The van der Waals surface area contributed by atoms with Crippen molar-refractivity contribution < 1.29 is 19.7 Å². The number of aliphatic hydroxyl groups is 1. The van der Waals surface area contributed by atoms with Crippen molar-refractivity contribution in [2.45, 2.75) is 31.3 Å². The minimum absolute atomic E-state index is 0.000654. The summed E-state index contributed by atoms with van der Waals surface area (Å²) in [5.74, 6) is -1.24. The van der Waals surface area contributed by atoms with Gasteiger partial charge in [-0.3, -0.25) is 4.79 Å². The molecule has 7 heteroatoms. The summed E-state index contributed by atoms with van der Waals surface area (Å²) in [6.45, 7) is 1.92. The van der Waals surface area contributed by atoms with Crippen molar-refractivity contribution in [1.29, 1.82) is 0 Å². The number of aromatic nitrogens is 1. The Hall–Kier alpha value is -1.18. The van der Waals surface area contributed by atoms with Gasteiger partial charge in [-0.2, -0.15) is 0 Å². The summed E-state index contributed by atoms with van der Waals surface area (Å²) in [7, 11) is 0. The zero-order valence-electron chi connectivity index (χ0n) is 11.1. The maximum atomic E-state index is 11.3. The van der Waals surface area contributed by atoms with Crippen LogP contribution in [0.25, 0.3) is 0 Å². The lowest BCUT2D eigenvalue weighted by molar-refractivity contribution is -0.139. The molecule has 1 fully saturated rings. The van der Waals surface area contributed by atoms with Crippen LogP contribution in [0, 0.1) is 0 Å². The van der Waals surface area contributed by atoms with Gasteiger partial charge in [0.1, 0.15) is 5.92 Å². The van der Waals surface area contributed by atoms with Gasteiger partial charge in [0, 0.05) is 18.0 Å². The molecule has 110 valence electrons. The Balaban J connectivity index is 1.83. The first-order valence-electron chi connectivity index (χ1n) is 6.89. The fraction of sp³-hybridized carbons (Fsp3) is 0.692. The van der Waals surface area contributed by atoms with E-state index in [0.717, 1.165) is 35.1 Å². The zero-order chi connectivity index (χ0) is 14.1. The molecule has 1 aliphatic heterocycles. The summed E-state index contributed by atoms with van der Waals surface area (Å²) < 4.78 is 5.43. The minimum atomic E-state index is -0.780. The molecule has 0 saturated carbocycles. The van der Waals surface area contributed by atoms with E-state index < -0.39 is 11.9 Å². The van der Waals surface area contributed by atoms with Gasteiger partial charge in [-0.05, 0) is 19.3 Å². The molecule has 2 aliphatic rings. The third-order valence-electron chi connectivity index (χ3n) is 3.85. The molecule has 0 radical (unpaired) electrons. The average Bonchev–Trinajstić information content (AvgIpc) is 2.91. The Morgan fingerprint density at radius 2 is 2.40 bits per heavy atom. The Bertz CT molecular complexity index is 505. The van der Waals surface area contributed by atoms with E-state index in [4.69, 9.17) is 4.74 Å². The second-order valence-electron chi connectivity index (χ2n) is 5.21. The SMILES string of the molecule is O=C(O)C1CCCc2sc(N3CCOC(CO)C3)nc21. The first-order chi connectivity index (χ1) is 9.69. The summed E-state index contributed by atoms with van der Waals surface area (Å²) >= 11 is 1.59. The van der Waals surface area contributed by atoms with Gasteiger partial charge in [-0.15, -0.1) is 11.3 Å². The van der Waals surface area contributed by atoms with Crippen LogP contribution in [-0.2, 0) is 16.0 Å². The van der Waals surface area contributed by atoms with Crippen LogP contribution < -0.4 is 4.90 Å². The van der Waals surface area contributed by atoms with Gasteiger partial charge >= 0.3 is 5.97 Å². The van der Waals surface area contributed by atoms with Gasteiger partial charge in [0.05, 0.1) is 25.0 Å². The van der Waals surface area contributed by atoms with Crippen LogP contribution in [-0.4, -0.2) is 53.6 Å². The zero-order valence-corrected chi connectivity index (χ0v) is 11.9. The fourth-order valence-electron chi connectivity index (χ4n) is 2.78. The van der Waals surface area contributed by atoms with E-state index in [0.29, 0.717) is 19.6 Å². The number of anilines is 1. The molecule has 0 bridgehead atoms. The lowest BCUT2D eigenvalue weighted by Crippen LogP contribution is -2.44. The summed E-state index contributed by atoms with van der Waals surface area (Å²) in [5, 5.41) is 19.3. The van der Waals surface area contributed by atoms with Crippen LogP contribution in [0.3, 0.4) is 0 Å². The molecule has 0 aromatic carbocycles. The van der Waals surface area contributed by atoms with Crippen molar-refractivity contribution in [1.82, 2.24) is 4.98 Å². The topological polar surface area (TPSA) is 82.9 Å². The predicted molar refractivity (Wildman–Crippen MR) is 74.5 cm³/mol. The van der Waals surface area contributed by atoms with E-state index in [-0.39, 0.29) is 12.7 Å². The van der Waals surface area contributed by atoms with Crippen LogP contribution in [0.2, 0.25) is 0 Å². The lowest BCUT2D eigenvalue weighted by Gasteiger charge is -2.31. The smallest absolute Gasteiger partial charge is 0.312 e. The molecule has 1 saturated heterocycles. The summed E-state index contributed by atoms with van der Waals surface area (Å²) in [5.41, 5.74) is 0.746. The number of nitrogens with zero attached hydrogens (tertiary/aromatic N) is 2. The quantitative estimate of drug-likeness (QED) is 0.860. The molecule has 3 rings (SSSR count). The monoisotopic (exact) mass is 298 g/mol. The molecule has 2 heterocycles. The highest BCUT2D eigenvalue weighted by molar-refractivity contribution is 7.15. The number of thiazole rings is 1. The van der Waals surface area contributed by atoms with Crippen LogP contribution in [0.1, 0.15) is 29.3 Å². The van der Waals surface area contributed by atoms with Gasteiger partial charge in [-0.1, -0.05) is 0 Å². The molecule has 20 heavy (non-hydrogen) atoms. The molecule has 0 amide bonds. The average molecular weight is 298 g/mol. The van der Waals surface area contributed by atoms with Gasteiger partial charge in [-0.25, -0.2) is 4.98 Å². The first-order valence-corrected chi connectivity index (χ1v) is 7.70. The molecule has 2 atom stereocenters. The van der Waals surface area contributed by atoms with Crippen molar-refractivity contribution in [3.8, 4) is 0 Å². The second kappa shape index (κ2) is 5.67. The number of carboxylic acids is 1. The molecule has 2 N–H and O–H groups in total. The van der Waals surface area contributed by atoms with E-state index in [9.17, 15) is 15.0 Å². The second-order valence-corrected chi connectivity index (χ2v) is 6.27. The maximum absolute atomic E-state index is 11.3. The normalized spacial score (nSPS) is 26.4. The predicted octanol–water partition coefficient (Wildman–Crippen LogP) is 0.845.